The van der Waals surface area contributed by atoms with Crippen LogP contribution in [-0.4, -0.2) is 5.78 Å². The first-order valence-corrected chi connectivity index (χ1v) is 7.99. The summed E-state index contributed by atoms with van der Waals surface area (Å²) in [5.74, 6) is 1.07. The molecule has 0 fully saturated rings. The van der Waals surface area contributed by atoms with Gasteiger partial charge in [0.2, 0.25) is 0 Å². The molecule has 0 aromatic heterocycles. The van der Waals surface area contributed by atoms with Crippen molar-refractivity contribution >= 4 is 5.78 Å². The van der Waals surface area contributed by atoms with Crippen molar-refractivity contribution in [2.24, 2.45) is 5.92 Å². The van der Waals surface area contributed by atoms with Gasteiger partial charge >= 0.3 is 0 Å². The molecule has 0 radical (unpaired) electrons. The third-order valence-corrected chi connectivity index (χ3v) is 4.06. The molecule has 1 atom stereocenters. The highest BCUT2D eigenvalue weighted by Gasteiger charge is 2.10. The molecule has 1 aliphatic carbocycles. The normalized spacial score (nSPS) is 25.4. The Morgan fingerprint density at radius 1 is 1.00 bits per heavy atom. The highest BCUT2D eigenvalue weighted by molar-refractivity contribution is 5.78. The van der Waals surface area contributed by atoms with Crippen LogP contribution >= 0.6 is 0 Å². The molecule has 0 bridgehead atoms. The molecule has 0 spiro atoms. The Bertz CT molecular complexity index is 242. The lowest BCUT2D eigenvalue weighted by Crippen LogP contribution is -2.07. The molecule has 0 aliphatic heterocycles. The van der Waals surface area contributed by atoms with E-state index in [9.17, 15) is 4.79 Å². The lowest BCUT2D eigenvalue weighted by Gasteiger charge is -2.11. The van der Waals surface area contributed by atoms with Crippen LogP contribution in [0.2, 0.25) is 0 Å². The van der Waals surface area contributed by atoms with Crippen molar-refractivity contribution in [2.75, 3.05) is 0 Å². The third kappa shape index (κ3) is 7.68. The smallest absolute Gasteiger partial charge is 0.133 e. The molecule has 0 saturated carbocycles. The van der Waals surface area contributed by atoms with Crippen LogP contribution in [0.5, 0.6) is 0 Å². The van der Waals surface area contributed by atoms with E-state index in [1.165, 1.54) is 44.9 Å². The summed E-state index contributed by atoms with van der Waals surface area (Å²) in [5, 5.41) is 0. The van der Waals surface area contributed by atoms with Gasteiger partial charge in [0.1, 0.15) is 5.78 Å². The van der Waals surface area contributed by atoms with Crippen molar-refractivity contribution in [2.45, 2.75) is 84.0 Å². The van der Waals surface area contributed by atoms with Gasteiger partial charge in [-0.25, -0.2) is 0 Å². The molecule has 0 aromatic rings. The summed E-state index contributed by atoms with van der Waals surface area (Å²) in [6, 6.07) is 0. The molecule has 1 aliphatic rings. The van der Waals surface area contributed by atoms with Gasteiger partial charge in [0.05, 0.1) is 0 Å². The molecule has 1 nitrogen and oxygen atoms in total. The first-order chi connectivity index (χ1) is 8.83. The minimum absolute atomic E-state index is 0.491. The van der Waals surface area contributed by atoms with Gasteiger partial charge in [0.25, 0.3) is 0 Å². The van der Waals surface area contributed by atoms with Crippen LogP contribution in [0.1, 0.15) is 84.0 Å². The van der Waals surface area contributed by atoms with Crippen molar-refractivity contribution in [3.63, 3.8) is 0 Å². The summed E-state index contributed by atoms with van der Waals surface area (Å²) in [6.45, 7) is 2.21. The topological polar surface area (TPSA) is 17.1 Å². The standard InChI is InChI=1S/C17H30O/c1-2-16-13-11-9-7-5-3-4-6-8-10-12-14-17(18)15-16/h9,11,16H,2-8,10,12-15H2,1H3. The monoisotopic (exact) mass is 250 g/mol. The number of ketones is 1. The second kappa shape index (κ2) is 10.3. The van der Waals surface area contributed by atoms with Crippen LogP contribution in [0.15, 0.2) is 12.2 Å². The molecule has 104 valence electrons. The summed E-state index contributed by atoms with van der Waals surface area (Å²) >= 11 is 0. The van der Waals surface area contributed by atoms with Crippen LogP contribution in [0.4, 0.5) is 0 Å². The molecule has 1 heteroatoms. The minimum atomic E-state index is 0.491. The van der Waals surface area contributed by atoms with Gasteiger partial charge in [-0.2, -0.15) is 0 Å². The molecule has 1 unspecified atom stereocenters. The molecule has 0 saturated heterocycles. The number of Topliss-reactive ketones (excluding diaryl/α,β-unsaturated/α-hetero) is 1. The summed E-state index contributed by atoms with van der Waals surface area (Å²) in [7, 11) is 0. The first kappa shape index (κ1) is 15.5. The summed E-state index contributed by atoms with van der Waals surface area (Å²) in [4.78, 5) is 11.9. The van der Waals surface area contributed by atoms with E-state index < -0.39 is 0 Å². The average molecular weight is 250 g/mol. The lowest BCUT2D eigenvalue weighted by atomic mass is 9.94. The molecule has 0 amide bonds. The number of allylic oxidation sites excluding steroid dienone is 2. The zero-order chi connectivity index (χ0) is 13.1. The van der Waals surface area contributed by atoms with Gasteiger partial charge in [-0.15, -0.1) is 0 Å². The number of hydrogen-bond acceptors (Lipinski definition) is 1. The maximum Gasteiger partial charge on any atom is 0.133 e. The van der Waals surface area contributed by atoms with Gasteiger partial charge in [-0.3, -0.25) is 4.79 Å². The molecule has 0 aromatic carbocycles. The minimum Gasteiger partial charge on any atom is -0.300 e. The highest BCUT2D eigenvalue weighted by Crippen LogP contribution is 2.18. The molecular weight excluding hydrogens is 220 g/mol. The van der Waals surface area contributed by atoms with E-state index in [2.05, 4.69) is 19.1 Å². The van der Waals surface area contributed by atoms with Crippen LogP contribution in [0.25, 0.3) is 0 Å². The highest BCUT2D eigenvalue weighted by atomic mass is 16.1. The second-order valence-corrected chi connectivity index (χ2v) is 5.74. The van der Waals surface area contributed by atoms with Gasteiger partial charge < -0.3 is 0 Å². The lowest BCUT2D eigenvalue weighted by molar-refractivity contribution is -0.120. The zero-order valence-electron chi connectivity index (χ0n) is 12.1. The Kier molecular flexibility index (Phi) is 8.89. The maximum absolute atomic E-state index is 11.9. The number of carbonyl (C=O) groups excluding carboxylic acids is 1. The number of carbonyl (C=O) groups is 1. The Balaban J connectivity index is 2.37. The van der Waals surface area contributed by atoms with Crippen molar-refractivity contribution in [3.8, 4) is 0 Å². The molecular formula is C17H30O. The van der Waals surface area contributed by atoms with E-state index in [1.54, 1.807) is 0 Å². The molecule has 18 heavy (non-hydrogen) atoms. The third-order valence-electron chi connectivity index (χ3n) is 4.06. The maximum atomic E-state index is 11.9. The Labute approximate surface area is 113 Å². The van der Waals surface area contributed by atoms with Crippen molar-refractivity contribution in [1.82, 2.24) is 0 Å². The van der Waals surface area contributed by atoms with E-state index in [0.717, 1.165) is 32.1 Å². The number of hydrogen-bond donors (Lipinski definition) is 0. The van der Waals surface area contributed by atoms with Gasteiger partial charge in [0, 0.05) is 12.8 Å². The first-order valence-electron chi connectivity index (χ1n) is 7.99. The Morgan fingerprint density at radius 2 is 1.67 bits per heavy atom. The predicted molar refractivity (Wildman–Crippen MR) is 78.7 cm³/mol. The van der Waals surface area contributed by atoms with Crippen LogP contribution in [-0.2, 0) is 4.79 Å². The van der Waals surface area contributed by atoms with E-state index >= 15 is 0 Å². The average Bonchev–Trinajstić information content (AvgIpc) is 2.38. The molecule has 0 N–H and O–H groups in total. The van der Waals surface area contributed by atoms with Gasteiger partial charge in [-0.1, -0.05) is 57.6 Å². The van der Waals surface area contributed by atoms with Crippen molar-refractivity contribution < 1.29 is 4.79 Å². The number of rotatable bonds is 1. The largest absolute Gasteiger partial charge is 0.300 e. The van der Waals surface area contributed by atoms with Crippen molar-refractivity contribution in [1.29, 1.82) is 0 Å². The van der Waals surface area contributed by atoms with E-state index in [-0.39, 0.29) is 0 Å². The summed E-state index contributed by atoms with van der Waals surface area (Å²) in [6.07, 6.45) is 18.9. The van der Waals surface area contributed by atoms with E-state index in [1.807, 2.05) is 0 Å². The van der Waals surface area contributed by atoms with Gasteiger partial charge in [0.15, 0.2) is 0 Å². The van der Waals surface area contributed by atoms with Crippen LogP contribution in [0, 0.1) is 5.92 Å². The fraction of sp³-hybridized carbons (Fsp3) is 0.824. The van der Waals surface area contributed by atoms with E-state index in [0.29, 0.717) is 11.7 Å². The zero-order valence-corrected chi connectivity index (χ0v) is 12.1. The van der Waals surface area contributed by atoms with Crippen LogP contribution < -0.4 is 0 Å². The fourth-order valence-corrected chi connectivity index (χ4v) is 2.69. The summed E-state index contributed by atoms with van der Waals surface area (Å²) in [5.41, 5.74) is 0. The molecule has 1 rings (SSSR count). The van der Waals surface area contributed by atoms with E-state index in [4.69, 9.17) is 0 Å². The van der Waals surface area contributed by atoms with Gasteiger partial charge in [-0.05, 0) is 31.6 Å². The predicted octanol–water partition coefficient (Wildman–Crippen LogP) is 5.44. The summed E-state index contributed by atoms with van der Waals surface area (Å²) < 4.78 is 0. The quantitative estimate of drug-likeness (QED) is 0.566. The van der Waals surface area contributed by atoms with Crippen LogP contribution in [0.3, 0.4) is 0 Å². The SMILES string of the molecule is CCC1CC=CCCCCCCCCCC(=O)C1. The fourth-order valence-electron chi connectivity index (χ4n) is 2.69. The van der Waals surface area contributed by atoms with Crippen molar-refractivity contribution in [3.05, 3.63) is 12.2 Å². The molecule has 0 heterocycles. The Hall–Kier alpha value is -0.590. The second-order valence-electron chi connectivity index (χ2n) is 5.74. The Morgan fingerprint density at radius 3 is 2.39 bits per heavy atom.